The van der Waals surface area contributed by atoms with Crippen LogP contribution in [0, 0.1) is 22.1 Å². The van der Waals surface area contributed by atoms with Gasteiger partial charge < -0.3 is 10.6 Å². The number of aromatic nitrogens is 1. The van der Waals surface area contributed by atoms with Crippen molar-refractivity contribution in [3.63, 3.8) is 0 Å². The van der Waals surface area contributed by atoms with Gasteiger partial charge in [-0.05, 0) is 87.4 Å². The minimum atomic E-state index is -1.12. The summed E-state index contributed by atoms with van der Waals surface area (Å²) in [6.45, 7) is 2.17. The fraction of sp³-hybridized carbons (Fsp3) is 0.143. The van der Waals surface area contributed by atoms with E-state index in [1.807, 2.05) is 37.3 Å². The number of amides is 1. The van der Waals surface area contributed by atoms with E-state index < -0.39 is 17.5 Å². The number of nitrogens with zero attached hydrogens (tertiary/aromatic N) is 1. The zero-order chi connectivity index (χ0) is 21.0. The van der Waals surface area contributed by atoms with Crippen LogP contribution < -0.4 is 10.6 Å². The molecule has 0 atom stereocenters. The van der Waals surface area contributed by atoms with E-state index in [0.29, 0.717) is 18.7 Å². The molecule has 0 saturated carbocycles. The lowest BCUT2D eigenvalue weighted by molar-refractivity contribution is 0.0954. The van der Waals surface area contributed by atoms with Gasteiger partial charge in [-0.3, -0.25) is 9.78 Å². The minimum Gasteiger partial charge on any atom is -0.352 e. The van der Waals surface area contributed by atoms with Crippen LogP contribution >= 0.6 is 38.5 Å². The molecule has 0 aliphatic rings. The fourth-order valence-electron chi connectivity index (χ4n) is 2.74. The van der Waals surface area contributed by atoms with Crippen LogP contribution in [0.1, 0.15) is 21.6 Å². The lowest BCUT2D eigenvalue weighted by Crippen LogP contribution is -2.27. The second kappa shape index (κ2) is 9.62. The zero-order valence-electron chi connectivity index (χ0n) is 15.4. The van der Waals surface area contributed by atoms with Gasteiger partial charge in [0.15, 0.2) is 11.6 Å². The van der Waals surface area contributed by atoms with E-state index >= 15 is 0 Å². The summed E-state index contributed by atoms with van der Waals surface area (Å²) in [6, 6.07) is 12.3. The molecule has 1 amide bonds. The topological polar surface area (TPSA) is 54.0 Å². The number of pyridine rings is 1. The van der Waals surface area contributed by atoms with Crippen molar-refractivity contribution in [1.29, 1.82) is 0 Å². The van der Waals surface area contributed by atoms with Gasteiger partial charge in [0.25, 0.3) is 5.91 Å². The number of hydrogen-bond acceptors (Lipinski definition) is 3. The summed E-state index contributed by atoms with van der Waals surface area (Å²) >= 11 is 5.15. The normalized spacial score (nSPS) is 10.7. The number of hydrogen-bond donors (Lipinski definition) is 2. The average molecular weight is 572 g/mol. The molecule has 2 aromatic carbocycles. The Balaban J connectivity index is 1.85. The van der Waals surface area contributed by atoms with E-state index in [-0.39, 0.29) is 15.7 Å². The highest BCUT2D eigenvalue weighted by atomic mass is 127. The van der Waals surface area contributed by atoms with E-state index in [0.717, 1.165) is 14.8 Å². The summed E-state index contributed by atoms with van der Waals surface area (Å²) in [7, 11) is 0. The molecule has 8 heteroatoms. The van der Waals surface area contributed by atoms with Crippen molar-refractivity contribution < 1.29 is 13.6 Å². The number of benzene rings is 2. The maximum absolute atomic E-state index is 14.7. The van der Waals surface area contributed by atoms with Crippen LogP contribution in [0.3, 0.4) is 0 Å². The molecule has 0 fully saturated rings. The van der Waals surface area contributed by atoms with Crippen molar-refractivity contribution in [1.82, 2.24) is 10.3 Å². The highest BCUT2D eigenvalue weighted by Gasteiger charge is 2.22. The highest BCUT2D eigenvalue weighted by molar-refractivity contribution is 14.1. The third-order valence-electron chi connectivity index (χ3n) is 4.25. The van der Waals surface area contributed by atoms with Crippen LogP contribution in [0.5, 0.6) is 0 Å². The predicted octanol–water partition coefficient (Wildman–Crippen LogP) is 5.75. The van der Waals surface area contributed by atoms with Crippen molar-refractivity contribution in [3.05, 3.63) is 85.2 Å². The van der Waals surface area contributed by atoms with Crippen LogP contribution in [0.15, 0.2) is 53.1 Å². The molecule has 29 heavy (non-hydrogen) atoms. The number of carbonyl (C=O) groups is 1. The molecule has 0 radical (unpaired) electrons. The van der Waals surface area contributed by atoms with Gasteiger partial charge in [0.2, 0.25) is 0 Å². The standard InChI is InChI=1S/C21H17BrF2IN3O/c1-12-10-13(25)5-6-17(12)28-20-15(11-16(22)18(23)19(20)24)21(29)27-9-7-14-4-2-3-8-26-14/h2-6,8,10-11,28H,7,9H2,1H3,(H,27,29). The van der Waals surface area contributed by atoms with Gasteiger partial charge in [-0.1, -0.05) is 6.07 Å². The number of aryl methyl sites for hydroxylation is 1. The van der Waals surface area contributed by atoms with Gasteiger partial charge in [0.1, 0.15) is 0 Å². The molecule has 4 nitrogen and oxygen atoms in total. The first-order chi connectivity index (χ1) is 13.9. The Labute approximate surface area is 189 Å². The first-order valence-corrected chi connectivity index (χ1v) is 10.6. The van der Waals surface area contributed by atoms with Crippen molar-refractivity contribution >= 4 is 55.8 Å². The molecule has 0 spiro atoms. The Morgan fingerprint density at radius 1 is 1.17 bits per heavy atom. The first-order valence-electron chi connectivity index (χ1n) is 8.75. The lowest BCUT2D eigenvalue weighted by Gasteiger charge is -2.16. The summed E-state index contributed by atoms with van der Waals surface area (Å²) in [6.07, 6.45) is 2.20. The van der Waals surface area contributed by atoms with Gasteiger partial charge in [-0.2, -0.15) is 0 Å². The molecular weight excluding hydrogens is 555 g/mol. The Hall–Kier alpha value is -2.07. The SMILES string of the molecule is Cc1cc(I)ccc1Nc1c(C(=O)NCCc2ccccn2)cc(Br)c(F)c1F. The third-order valence-corrected chi connectivity index (χ3v) is 5.50. The molecule has 0 unspecified atom stereocenters. The van der Waals surface area contributed by atoms with Gasteiger partial charge in [0, 0.05) is 34.1 Å². The molecule has 0 aliphatic carbocycles. The van der Waals surface area contributed by atoms with Crippen LogP contribution in [0.2, 0.25) is 0 Å². The molecular formula is C21H17BrF2IN3O. The van der Waals surface area contributed by atoms with E-state index in [1.54, 1.807) is 12.3 Å². The van der Waals surface area contributed by atoms with E-state index in [1.165, 1.54) is 6.07 Å². The largest absolute Gasteiger partial charge is 0.352 e. The second-order valence-electron chi connectivity index (χ2n) is 6.32. The Morgan fingerprint density at radius 3 is 2.66 bits per heavy atom. The number of anilines is 2. The highest BCUT2D eigenvalue weighted by Crippen LogP contribution is 2.32. The van der Waals surface area contributed by atoms with Crippen LogP contribution in [-0.2, 0) is 6.42 Å². The van der Waals surface area contributed by atoms with Crippen molar-refractivity contribution in [2.45, 2.75) is 13.3 Å². The maximum Gasteiger partial charge on any atom is 0.253 e. The monoisotopic (exact) mass is 571 g/mol. The zero-order valence-corrected chi connectivity index (χ0v) is 19.1. The van der Waals surface area contributed by atoms with Gasteiger partial charge in [0.05, 0.1) is 15.7 Å². The van der Waals surface area contributed by atoms with Crippen molar-refractivity contribution in [3.8, 4) is 0 Å². The molecule has 2 N–H and O–H groups in total. The smallest absolute Gasteiger partial charge is 0.253 e. The minimum absolute atomic E-state index is 0.00902. The summed E-state index contributed by atoms with van der Waals surface area (Å²) in [4.78, 5) is 16.9. The van der Waals surface area contributed by atoms with Gasteiger partial charge >= 0.3 is 0 Å². The lowest BCUT2D eigenvalue weighted by atomic mass is 10.1. The predicted molar refractivity (Wildman–Crippen MR) is 122 cm³/mol. The van der Waals surface area contributed by atoms with Crippen LogP contribution in [-0.4, -0.2) is 17.4 Å². The summed E-state index contributed by atoms with van der Waals surface area (Å²) in [5.41, 5.74) is 2.07. The molecule has 1 aromatic heterocycles. The van der Waals surface area contributed by atoms with E-state index in [4.69, 9.17) is 0 Å². The molecule has 3 aromatic rings. The summed E-state index contributed by atoms with van der Waals surface area (Å²) in [5, 5.41) is 5.62. The van der Waals surface area contributed by atoms with Gasteiger partial charge in [-0.25, -0.2) is 8.78 Å². The number of halogens is 4. The third kappa shape index (κ3) is 5.30. The van der Waals surface area contributed by atoms with E-state index in [2.05, 4.69) is 54.1 Å². The van der Waals surface area contributed by atoms with E-state index in [9.17, 15) is 13.6 Å². The Morgan fingerprint density at radius 2 is 1.97 bits per heavy atom. The second-order valence-corrected chi connectivity index (χ2v) is 8.42. The molecule has 0 aliphatic heterocycles. The Kier molecular flexibility index (Phi) is 7.18. The number of nitrogens with one attached hydrogen (secondary N) is 2. The molecule has 1 heterocycles. The molecule has 150 valence electrons. The molecule has 0 saturated heterocycles. The molecule has 3 rings (SSSR count). The van der Waals surface area contributed by atoms with Gasteiger partial charge in [-0.15, -0.1) is 0 Å². The van der Waals surface area contributed by atoms with Crippen LogP contribution in [0.25, 0.3) is 0 Å². The average Bonchev–Trinajstić information content (AvgIpc) is 2.70. The van der Waals surface area contributed by atoms with Crippen LogP contribution in [0.4, 0.5) is 20.2 Å². The quantitative estimate of drug-likeness (QED) is 0.292. The maximum atomic E-state index is 14.7. The fourth-order valence-corrected chi connectivity index (χ4v) is 3.79. The first kappa shape index (κ1) is 21.6. The number of carbonyl (C=O) groups excluding carboxylic acids is 1. The van der Waals surface area contributed by atoms with Crippen molar-refractivity contribution in [2.24, 2.45) is 0 Å². The molecule has 0 bridgehead atoms. The summed E-state index contributed by atoms with van der Waals surface area (Å²) < 4.78 is 29.8. The number of rotatable bonds is 6. The summed E-state index contributed by atoms with van der Waals surface area (Å²) in [5.74, 6) is -2.68. The Bertz CT molecular complexity index is 1050. The van der Waals surface area contributed by atoms with Crippen molar-refractivity contribution in [2.75, 3.05) is 11.9 Å².